The molecule has 144 valence electrons. The first kappa shape index (κ1) is 19.8. The molecule has 1 aliphatic carbocycles. The zero-order valence-electron chi connectivity index (χ0n) is 16.3. The van der Waals surface area contributed by atoms with Crippen molar-refractivity contribution in [1.29, 1.82) is 0 Å². The van der Waals surface area contributed by atoms with Gasteiger partial charge in [-0.3, -0.25) is 0 Å². The molecule has 1 aliphatic rings. The lowest BCUT2D eigenvalue weighted by molar-refractivity contribution is 0.312. The lowest BCUT2D eigenvalue weighted by atomic mass is 9.77. The van der Waals surface area contributed by atoms with E-state index in [-0.39, 0.29) is 0 Å². The number of allylic oxidation sites excluding steroid dienone is 3. The number of hydrogen-bond acceptors (Lipinski definition) is 0. The predicted octanol–water partition coefficient (Wildman–Crippen LogP) is 7.87. The van der Waals surface area contributed by atoms with Crippen molar-refractivity contribution >= 4 is 10.8 Å². The maximum atomic E-state index is 14.7. The first-order valence-corrected chi connectivity index (χ1v) is 10.3. The standard InChI is InChI=1S/C25H30F2/c1-3-5-7-9-22-16-21-15-14-20(17-23(21)25(27)24(22)26)19-12-10-18(11-13-19)8-6-4-2/h3-5,14-19H,2,6-13H2,1H3/b5-3+. The van der Waals surface area contributed by atoms with Gasteiger partial charge in [0.2, 0.25) is 0 Å². The third kappa shape index (κ3) is 4.66. The molecule has 0 aromatic heterocycles. The van der Waals surface area contributed by atoms with Gasteiger partial charge in [0.15, 0.2) is 11.6 Å². The Balaban J connectivity index is 1.78. The van der Waals surface area contributed by atoms with Crippen LogP contribution in [0.5, 0.6) is 0 Å². The Labute approximate surface area is 162 Å². The molecular formula is C25H30F2. The van der Waals surface area contributed by atoms with Gasteiger partial charge in [-0.05, 0) is 98.8 Å². The first-order valence-electron chi connectivity index (χ1n) is 10.3. The highest BCUT2D eigenvalue weighted by Gasteiger charge is 2.23. The molecule has 3 rings (SSSR count). The van der Waals surface area contributed by atoms with Crippen LogP contribution in [0.4, 0.5) is 8.78 Å². The van der Waals surface area contributed by atoms with Gasteiger partial charge in [-0.15, -0.1) is 6.58 Å². The second kappa shape index (κ2) is 9.30. The molecule has 1 fully saturated rings. The summed E-state index contributed by atoms with van der Waals surface area (Å²) in [6, 6.07) is 7.78. The van der Waals surface area contributed by atoms with Crippen LogP contribution in [0.3, 0.4) is 0 Å². The molecule has 2 aromatic rings. The predicted molar refractivity (Wildman–Crippen MR) is 111 cm³/mol. The molecular weight excluding hydrogens is 338 g/mol. The Morgan fingerprint density at radius 2 is 1.81 bits per heavy atom. The van der Waals surface area contributed by atoms with Gasteiger partial charge in [-0.2, -0.15) is 0 Å². The van der Waals surface area contributed by atoms with Gasteiger partial charge in [-0.1, -0.05) is 30.4 Å². The maximum Gasteiger partial charge on any atom is 0.166 e. The average Bonchev–Trinajstić information content (AvgIpc) is 2.70. The van der Waals surface area contributed by atoms with E-state index in [1.807, 2.05) is 43.4 Å². The molecule has 0 aliphatic heterocycles. The van der Waals surface area contributed by atoms with E-state index in [0.29, 0.717) is 23.3 Å². The van der Waals surface area contributed by atoms with E-state index in [2.05, 4.69) is 12.6 Å². The van der Waals surface area contributed by atoms with Crippen LogP contribution in [0.25, 0.3) is 10.8 Å². The Kier molecular flexibility index (Phi) is 6.82. The SMILES string of the molecule is C=CCCC1CCC(c2ccc3cc(CC/C=C/C)c(F)c(F)c3c2)CC1. The molecule has 0 radical (unpaired) electrons. The summed E-state index contributed by atoms with van der Waals surface area (Å²) in [5, 5.41) is 1.22. The molecule has 0 atom stereocenters. The van der Waals surface area contributed by atoms with Crippen LogP contribution in [-0.2, 0) is 6.42 Å². The highest BCUT2D eigenvalue weighted by Crippen LogP contribution is 2.39. The molecule has 0 N–H and O–H groups in total. The minimum absolute atomic E-state index is 0.425. The number of halogens is 2. The lowest BCUT2D eigenvalue weighted by Gasteiger charge is -2.29. The fraction of sp³-hybridized carbons (Fsp3) is 0.440. The van der Waals surface area contributed by atoms with Gasteiger partial charge < -0.3 is 0 Å². The molecule has 0 spiro atoms. The van der Waals surface area contributed by atoms with Crippen molar-refractivity contribution < 1.29 is 8.78 Å². The summed E-state index contributed by atoms with van der Waals surface area (Å²) in [5.74, 6) is -0.124. The van der Waals surface area contributed by atoms with Crippen molar-refractivity contribution in [3.8, 4) is 0 Å². The summed E-state index contributed by atoms with van der Waals surface area (Å²) in [7, 11) is 0. The van der Waals surface area contributed by atoms with Gasteiger partial charge in [0, 0.05) is 5.39 Å². The van der Waals surface area contributed by atoms with Crippen molar-refractivity contribution in [2.45, 2.75) is 64.2 Å². The Hall–Kier alpha value is -1.96. The molecule has 0 saturated heterocycles. The van der Waals surface area contributed by atoms with Gasteiger partial charge in [0.25, 0.3) is 0 Å². The second-order valence-corrected chi connectivity index (χ2v) is 7.84. The quantitative estimate of drug-likeness (QED) is 0.436. The van der Waals surface area contributed by atoms with Gasteiger partial charge in [-0.25, -0.2) is 8.78 Å². The third-order valence-electron chi connectivity index (χ3n) is 6.03. The molecule has 0 bridgehead atoms. The first-order chi connectivity index (χ1) is 13.1. The van der Waals surface area contributed by atoms with Crippen LogP contribution in [0, 0.1) is 17.6 Å². The number of aryl methyl sites for hydroxylation is 1. The monoisotopic (exact) mass is 368 g/mol. The van der Waals surface area contributed by atoms with Crippen LogP contribution < -0.4 is 0 Å². The topological polar surface area (TPSA) is 0 Å². The van der Waals surface area contributed by atoms with Gasteiger partial charge in [0.1, 0.15) is 0 Å². The summed E-state index contributed by atoms with van der Waals surface area (Å²) < 4.78 is 29.2. The van der Waals surface area contributed by atoms with Crippen molar-refractivity contribution in [3.63, 3.8) is 0 Å². The number of fused-ring (bicyclic) bond motifs is 1. The van der Waals surface area contributed by atoms with Crippen LogP contribution >= 0.6 is 0 Å². The zero-order chi connectivity index (χ0) is 19.2. The molecule has 2 heteroatoms. The summed E-state index contributed by atoms with van der Waals surface area (Å²) in [6.45, 7) is 5.75. The van der Waals surface area contributed by atoms with Gasteiger partial charge in [0.05, 0.1) is 0 Å². The minimum atomic E-state index is -0.690. The van der Waals surface area contributed by atoms with Crippen molar-refractivity contribution in [3.05, 3.63) is 71.8 Å². The Morgan fingerprint density at radius 3 is 2.52 bits per heavy atom. The molecule has 0 nitrogen and oxygen atoms in total. The summed E-state index contributed by atoms with van der Waals surface area (Å²) >= 11 is 0. The fourth-order valence-corrected chi connectivity index (χ4v) is 4.38. The smallest absolute Gasteiger partial charge is 0.166 e. The normalized spacial score (nSPS) is 20.4. The van der Waals surface area contributed by atoms with Crippen LogP contribution in [0.1, 0.15) is 68.9 Å². The molecule has 27 heavy (non-hydrogen) atoms. The van der Waals surface area contributed by atoms with Crippen LogP contribution in [-0.4, -0.2) is 0 Å². The maximum absolute atomic E-state index is 14.7. The molecule has 0 unspecified atom stereocenters. The summed E-state index contributed by atoms with van der Waals surface area (Å²) in [4.78, 5) is 0. The van der Waals surface area contributed by atoms with Crippen molar-refractivity contribution in [2.75, 3.05) is 0 Å². The fourth-order valence-electron chi connectivity index (χ4n) is 4.38. The van der Waals surface area contributed by atoms with E-state index >= 15 is 0 Å². The van der Waals surface area contributed by atoms with Crippen molar-refractivity contribution in [1.82, 2.24) is 0 Å². The van der Waals surface area contributed by atoms with E-state index in [1.54, 1.807) is 0 Å². The van der Waals surface area contributed by atoms with E-state index in [0.717, 1.165) is 42.6 Å². The van der Waals surface area contributed by atoms with Crippen LogP contribution in [0.2, 0.25) is 0 Å². The van der Waals surface area contributed by atoms with Crippen LogP contribution in [0.15, 0.2) is 49.1 Å². The summed E-state index contributed by atoms with van der Waals surface area (Å²) in [6.07, 6.45) is 14.2. The Bertz CT molecular complexity index is 811. The van der Waals surface area contributed by atoms with E-state index < -0.39 is 11.6 Å². The zero-order valence-corrected chi connectivity index (χ0v) is 16.3. The van der Waals surface area contributed by atoms with E-state index in [4.69, 9.17) is 0 Å². The van der Waals surface area contributed by atoms with E-state index in [9.17, 15) is 8.78 Å². The highest BCUT2D eigenvalue weighted by molar-refractivity contribution is 5.85. The molecule has 2 aromatic carbocycles. The molecule has 0 heterocycles. The second-order valence-electron chi connectivity index (χ2n) is 7.84. The highest BCUT2D eigenvalue weighted by atomic mass is 19.2. The van der Waals surface area contributed by atoms with E-state index in [1.165, 1.54) is 19.3 Å². The average molecular weight is 369 g/mol. The number of rotatable bonds is 7. The number of benzene rings is 2. The number of hydrogen-bond donors (Lipinski definition) is 0. The minimum Gasteiger partial charge on any atom is -0.203 e. The summed E-state index contributed by atoms with van der Waals surface area (Å²) in [5.41, 5.74) is 1.62. The third-order valence-corrected chi connectivity index (χ3v) is 6.03. The van der Waals surface area contributed by atoms with Gasteiger partial charge >= 0.3 is 0 Å². The molecule has 1 saturated carbocycles. The largest absolute Gasteiger partial charge is 0.203 e. The molecule has 0 amide bonds. The lowest BCUT2D eigenvalue weighted by Crippen LogP contribution is -2.13. The van der Waals surface area contributed by atoms with Crippen molar-refractivity contribution in [2.24, 2.45) is 5.92 Å². The Morgan fingerprint density at radius 1 is 1.04 bits per heavy atom.